The van der Waals surface area contributed by atoms with Crippen LogP contribution in [0.2, 0.25) is 0 Å². The van der Waals surface area contributed by atoms with Crippen LogP contribution < -0.4 is 5.32 Å². The van der Waals surface area contributed by atoms with E-state index < -0.39 is 0 Å². The second-order valence-corrected chi connectivity index (χ2v) is 6.28. The maximum atomic E-state index is 9.88. The minimum absolute atomic E-state index is 0.267. The van der Waals surface area contributed by atoms with Crippen LogP contribution in [-0.4, -0.2) is 49.3 Å². The van der Waals surface area contributed by atoms with Crippen molar-refractivity contribution in [2.24, 2.45) is 0 Å². The van der Waals surface area contributed by atoms with E-state index in [1.54, 1.807) is 0 Å². The maximum absolute atomic E-state index is 9.88. The molecule has 3 heteroatoms. The molecule has 1 unspecified atom stereocenters. The summed E-state index contributed by atoms with van der Waals surface area (Å²) in [6.07, 6.45) is 4.68. The highest BCUT2D eigenvalue weighted by Gasteiger charge is 2.22. The molecule has 20 heavy (non-hydrogen) atoms. The average molecular weight is 276 g/mol. The Morgan fingerprint density at radius 1 is 1.15 bits per heavy atom. The van der Waals surface area contributed by atoms with E-state index in [-0.39, 0.29) is 6.10 Å². The van der Waals surface area contributed by atoms with Crippen LogP contribution in [0.4, 0.5) is 0 Å². The molecule has 2 N–H and O–H groups in total. The van der Waals surface area contributed by atoms with E-state index in [1.165, 1.54) is 31.2 Å². The van der Waals surface area contributed by atoms with E-state index in [1.807, 2.05) is 19.0 Å². The SMILES string of the molecule is CN(C)CC(O)CNC1CCC(c2ccccc2)CC1. The zero-order valence-corrected chi connectivity index (χ0v) is 12.8. The van der Waals surface area contributed by atoms with Gasteiger partial charge in [-0.3, -0.25) is 0 Å². The van der Waals surface area contributed by atoms with Gasteiger partial charge in [-0.25, -0.2) is 0 Å². The molecule has 1 aliphatic carbocycles. The van der Waals surface area contributed by atoms with Gasteiger partial charge in [-0.2, -0.15) is 0 Å². The van der Waals surface area contributed by atoms with Gasteiger partial charge >= 0.3 is 0 Å². The second-order valence-electron chi connectivity index (χ2n) is 6.28. The van der Waals surface area contributed by atoms with Gasteiger partial charge in [0.1, 0.15) is 0 Å². The van der Waals surface area contributed by atoms with Crippen molar-refractivity contribution in [3.63, 3.8) is 0 Å². The monoisotopic (exact) mass is 276 g/mol. The normalized spacial score (nSPS) is 24.8. The Balaban J connectivity index is 1.69. The molecule has 1 fully saturated rings. The Morgan fingerprint density at radius 3 is 2.40 bits per heavy atom. The minimum Gasteiger partial charge on any atom is -0.390 e. The van der Waals surface area contributed by atoms with Gasteiger partial charge in [-0.1, -0.05) is 30.3 Å². The molecule has 0 amide bonds. The second kappa shape index (κ2) is 7.77. The minimum atomic E-state index is -0.267. The maximum Gasteiger partial charge on any atom is 0.0791 e. The molecule has 112 valence electrons. The number of aliphatic hydroxyl groups is 1. The fourth-order valence-electron chi connectivity index (χ4n) is 3.14. The summed E-state index contributed by atoms with van der Waals surface area (Å²) in [5.74, 6) is 0.723. The van der Waals surface area contributed by atoms with Crippen molar-refractivity contribution >= 4 is 0 Å². The molecule has 0 saturated heterocycles. The lowest BCUT2D eigenvalue weighted by Gasteiger charge is -2.30. The van der Waals surface area contributed by atoms with Crippen LogP contribution in [0, 0.1) is 0 Å². The first kappa shape index (κ1) is 15.5. The van der Waals surface area contributed by atoms with Crippen molar-refractivity contribution in [3.8, 4) is 0 Å². The Labute approximate surface area is 123 Å². The summed E-state index contributed by atoms with van der Waals surface area (Å²) in [5.41, 5.74) is 1.48. The number of nitrogens with zero attached hydrogens (tertiary/aromatic N) is 1. The lowest BCUT2D eigenvalue weighted by molar-refractivity contribution is 0.128. The quantitative estimate of drug-likeness (QED) is 0.836. The fourth-order valence-corrected chi connectivity index (χ4v) is 3.14. The van der Waals surface area contributed by atoms with Gasteiger partial charge in [-0.15, -0.1) is 0 Å². The molecule has 3 nitrogen and oxygen atoms in total. The van der Waals surface area contributed by atoms with Gasteiger partial charge in [0, 0.05) is 19.1 Å². The van der Waals surface area contributed by atoms with Gasteiger partial charge in [-0.05, 0) is 51.3 Å². The number of likely N-dealkylation sites (N-methyl/N-ethyl adjacent to an activating group) is 1. The molecule has 1 aromatic rings. The predicted molar refractivity (Wildman–Crippen MR) is 84.0 cm³/mol. The van der Waals surface area contributed by atoms with E-state index in [0.717, 1.165) is 12.5 Å². The Hall–Kier alpha value is -0.900. The van der Waals surface area contributed by atoms with E-state index in [2.05, 4.69) is 35.6 Å². The molecular weight excluding hydrogens is 248 g/mol. The number of aliphatic hydroxyl groups excluding tert-OH is 1. The van der Waals surface area contributed by atoms with Crippen LogP contribution in [0.3, 0.4) is 0 Å². The largest absolute Gasteiger partial charge is 0.390 e. The first-order valence-electron chi connectivity index (χ1n) is 7.76. The van der Waals surface area contributed by atoms with Crippen molar-refractivity contribution in [2.75, 3.05) is 27.2 Å². The van der Waals surface area contributed by atoms with E-state index in [0.29, 0.717) is 12.6 Å². The molecule has 1 aromatic carbocycles. The molecule has 0 heterocycles. The topological polar surface area (TPSA) is 35.5 Å². The van der Waals surface area contributed by atoms with Crippen LogP contribution in [-0.2, 0) is 0 Å². The van der Waals surface area contributed by atoms with Crippen molar-refractivity contribution in [1.29, 1.82) is 0 Å². The molecule has 0 aromatic heterocycles. The summed E-state index contributed by atoms with van der Waals surface area (Å²) in [5, 5.41) is 13.4. The highest BCUT2D eigenvalue weighted by molar-refractivity contribution is 5.20. The molecular formula is C17H28N2O. The summed E-state index contributed by atoms with van der Waals surface area (Å²) < 4.78 is 0. The smallest absolute Gasteiger partial charge is 0.0791 e. The number of rotatable bonds is 6. The van der Waals surface area contributed by atoms with E-state index in [9.17, 15) is 5.11 Å². The molecule has 0 radical (unpaired) electrons. The van der Waals surface area contributed by atoms with Crippen LogP contribution in [0.25, 0.3) is 0 Å². The average Bonchev–Trinajstić information content (AvgIpc) is 2.46. The van der Waals surface area contributed by atoms with Crippen LogP contribution in [0.15, 0.2) is 30.3 Å². The highest BCUT2D eigenvalue weighted by Crippen LogP contribution is 2.32. The Bertz CT molecular complexity index is 372. The highest BCUT2D eigenvalue weighted by atomic mass is 16.3. The molecule has 0 bridgehead atoms. The number of nitrogens with one attached hydrogen (secondary N) is 1. The molecule has 0 aliphatic heterocycles. The van der Waals surface area contributed by atoms with Gasteiger partial charge < -0.3 is 15.3 Å². The van der Waals surface area contributed by atoms with Gasteiger partial charge in [0.05, 0.1) is 6.10 Å². The van der Waals surface area contributed by atoms with Crippen molar-refractivity contribution in [2.45, 2.75) is 43.7 Å². The summed E-state index contributed by atoms with van der Waals surface area (Å²) in [4.78, 5) is 2.03. The third-order valence-electron chi connectivity index (χ3n) is 4.22. The Morgan fingerprint density at radius 2 is 1.80 bits per heavy atom. The van der Waals surface area contributed by atoms with Crippen molar-refractivity contribution < 1.29 is 5.11 Å². The lowest BCUT2D eigenvalue weighted by atomic mass is 9.82. The summed E-state index contributed by atoms with van der Waals surface area (Å²) in [6.45, 7) is 1.44. The van der Waals surface area contributed by atoms with Gasteiger partial charge in [0.2, 0.25) is 0 Å². The van der Waals surface area contributed by atoms with E-state index in [4.69, 9.17) is 0 Å². The van der Waals surface area contributed by atoms with Crippen molar-refractivity contribution in [1.82, 2.24) is 10.2 Å². The molecule has 0 spiro atoms. The standard InChI is InChI=1S/C17H28N2O/c1-19(2)13-17(20)12-18-16-10-8-15(9-11-16)14-6-4-3-5-7-14/h3-7,15-18,20H,8-13H2,1-2H3. The third kappa shape index (κ3) is 4.89. The van der Waals surface area contributed by atoms with Crippen molar-refractivity contribution in [3.05, 3.63) is 35.9 Å². The van der Waals surface area contributed by atoms with Crippen LogP contribution >= 0.6 is 0 Å². The molecule has 2 rings (SSSR count). The van der Waals surface area contributed by atoms with Gasteiger partial charge in [0.15, 0.2) is 0 Å². The van der Waals surface area contributed by atoms with Crippen LogP contribution in [0.1, 0.15) is 37.2 Å². The lowest BCUT2D eigenvalue weighted by Crippen LogP contribution is -2.41. The third-order valence-corrected chi connectivity index (χ3v) is 4.22. The molecule has 1 aliphatic rings. The zero-order chi connectivity index (χ0) is 14.4. The Kier molecular flexibility index (Phi) is 6.02. The van der Waals surface area contributed by atoms with E-state index >= 15 is 0 Å². The first-order valence-corrected chi connectivity index (χ1v) is 7.76. The first-order chi connectivity index (χ1) is 9.65. The number of benzene rings is 1. The molecule has 1 atom stereocenters. The summed E-state index contributed by atoms with van der Waals surface area (Å²) in [6, 6.07) is 11.4. The summed E-state index contributed by atoms with van der Waals surface area (Å²) in [7, 11) is 3.99. The summed E-state index contributed by atoms with van der Waals surface area (Å²) >= 11 is 0. The predicted octanol–water partition coefficient (Wildman–Crippen LogP) is 2.22. The van der Waals surface area contributed by atoms with Crippen LogP contribution in [0.5, 0.6) is 0 Å². The fraction of sp³-hybridized carbons (Fsp3) is 0.647. The number of hydrogen-bond acceptors (Lipinski definition) is 3. The molecule has 1 saturated carbocycles. The van der Waals surface area contributed by atoms with Gasteiger partial charge in [0.25, 0.3) is 0 Å². The number of hydrogen-bond donors (Lipinski definition) is 2. The zero-order valence-electron chi connectivity index (χ0n) is 12.8.